The van der Waals surface area contributed by atoms with Crippen molar-refractivity contribution in [3.05, 3.63) is 35.4 Å². The molecule has 1 aromatic carbocycles. The van der Waals surface area contributed by atoms with E-state index < -0.39 is 5.97 Å². The van der Waals surface area contributed by atoms with Crippen molar-refractivity contribution in [3.63, 3.8) is 0 Å². The van der Waals surface area contributed by atoms with Crippen molar-refractivity contribution in [1.29, 1.82) is 0 Å². The van der Waals surface area contributed by atoms with Gasteiger partial charge >= 0.3 is 12.0 Å². The summed E-state index contributed by atoms with van der Waals surface area (Å²) < 4.78 is 0. The lowest BCUT2D eigenvalue weighted by Gasteiger charge is -2.22. The molecule has 1 rings (SSSR count). The van der Waals surface area contributed by atoms with Gasteiger partial charge in [0.25, 0.3) is 0 Å². The first-order chi connectivity index (χ1) is 9.92. The number of aryl methyl sites for hydroxylation is 1. The highest BCUT2D eigenvalue weighted by atomic mass is 16.4. The maximum atomic E-state index is 12.1. The van der Waals surface area contributed by atoms with Crippen LogP contribution in [0, 0.1) is 6.92 Å². The van der Waals surface area contributed by atoms with Crippen molar-refractivity contribution < 1.29 is 14.7 Å². The van der Waals surface area contributed by atoms with Crippen LogP contribution in [0.5, 0.6) is 0 Å². The number of rotatable bonds is 7. The normalized spacial score (nSPS) is 11.8. The second kappa shape index (κ2) is 8.29. The topological polar surface area (TPSA) is 69.6 Å². The van der Waals surface area contributed by atoms with E-state index in [-0.39, 0.29) is 18.5 Å². The monoisotopic (exact) mass is 292 g/mol. The molecule has 1 unspecified atom stereocenters. The fourth-order valence-corrected chi connectivity index (χ4v) is 2.23. The zero-order valence-corrected chi connectivity index (χ0v) is 12.9. The number of aliphatic carboxylic acids is 1. The number of hydrogen-bond acceptors (Lipinski definition) is 2. The number of nitrogens with zero attached hydrogens (tertiary/aromatic N) is 1. The van der Waals surface area contributed by atoms with Crippen LogP contribution in [-0.4, -0.2) is 35.1 Å². The smallest absolute Gasteiger partial charge is 0.317 e. The molecular formula is C16H24N2O3. The van der Waals surface area contributed by atoms with Crippen molar-refractivity contribution >= 4 is 12.0 Å². The number of carbonyl (C=O) groups excluding carboxylic acids is 1. The lowest BCUT2D eigenvalue weighted by Crippen LogP contribution is -2.43. The van der Waals surface area contributed by atoms with Gasteiger partial charge in [-0.15, -0.1) is 0 Å². The van der Waals surface area contributed by atoms with Crippen molar-refractivity contribution in [3.8, 4) is 0 Å². The van der Waals surface area contributed by atoms with Gasteiger partial charge in [-0.05, 0) is 18.9 Å². The highest BCUT2D eigenvalue weighted by molar-refractivity contribution is 5.75. The molecule has 0 bridgehead atoms. The summed E-state index contributed by atoms with van der Waals surface area (Å²) in [5.74, 6) is -0.893. The zero-order valence-electron chi connectivity index (χ0n) is 12.9. The summed E-state index contributed by atoms with van der Waals surface area (Å²) in [5.41, 5.74) is 2.20. The molecule has 2 N–H and O–H groups in total. The average Bonchev–Trinajstić information content (AvgIpc) is 2.38. The number of hydrogen-bond donors (Lipinski definition) is 2. The lowest BCUT2D eigenvalue weighted by molar-refractivity contribution is -0.137. The standard InChI is InChI=1S/C16H24N2O3/c1-4-6-14(10-15(19)20)17-16(21)18(3)11-13-8-5-7-12(2)9-13/h5,7-9,14H,4,6,10-11H2,1-3H3,(H,17,21)(H,19,20). The number of carbonyl (C=O) groups is 2. The van der Waals surface area contributed by atoms with E-state index in [4.69, 9.17) is 5.11 Å². The van der Waals surface area contributed by atoms with E-state index in [2.05, 4.69) is 5.32 Å². The largest absolute Gasteiger partial charge is 0.481 e. The highest BCUT2D eigenvalue weighted by Gasteiger charge is 2.17. The van der Waals surface area contributed by atoms with E-state index >= 15 is 0 Å². The Labute approximate surface area is 126 Å². The van der Waals surface area contributed by atoms with Crippen LogP contribution in [0.2, 0.25) is 0 Å². The molecule has 1 aromatic rings. The van der Waals surface area contributed by atoms with E-state index in [9.17, 15) is 9.59 Å². The quantitative estimate of drug-likeness (QED) is 0.812. The molecule has 0 spiro atoms. The summed E-state index contributed by atoms with van der Waals surface area (Å²) in [4.78, 5) is 24.5. The van der Waals surface area contributed by atoms with Gasteiger partial charge in [0, 0.05) is 19.6 Å². The van der Waals surface area contributed by atoms with Crippen molar-refractivity contribution in [1.82, 2.24) is 10.2 Å². The number of benzene rings is 1. The van der Waals surface area contributed by atoms with Gasteiger partial charge in [-0.25, -0.2) is 4.79 Å². The van der Waals surface area contributed by atoms with Gasteiger partial charge in [-0.3, -0.25) is 4.79 Å². The number of urea groups is 1. The van der Waals surface area contributed by atoms with Crippen LogP contribution >= 0.6 is 0 Å². The molecule has 5 heteroatoms. The summed E-state index contributed by atoms with van der Waals surface area (Å²) >= 11 is 0. The van der Waals surface area contributed by atoms with Crippen molar-refractivity contribution in [2.75, 3.05) is 7.05 Å². The molecule has 0 heterocycles. The van der Waals surface area contributed by atoms with Gasteiger partial charge in [0.2, 0.25) is 0 Å². The van der Waals surface area contributed by atoms with Gasteiger partial charge in [0.05, 0.1) is 6.42 Å². The number of nitrogens with one attached hydrogen (secondary N) is 1. The Morgan fingerprint density at radius 1 is 1.38 bits per heavy atom. The van der Waals surface area contributed by atoms with E-state index in [1.54, 1.807) is 11.9 Å². The maximum Gasteiger partial charge on any atom is 0.317 e. The molecule has 0 saturated heterocycles. The summed E-state index contributed by atoms with van der Waals surface area (Å²) in [6.07, 6.45) is 1.45. The third kappa shape index (κ3) is 6.29. The fourth-order valence-electron chi connectivity index (χ4n) is 2.23. The summed E-state index contributed by atoms with van der Waals surface area (Å²) in [5, 5.41) is 11.7. The van der Waals surface area contributed by atoms with Gasteiger partial charge in [0.15, 0.2) is 0 Å². The highest BCUT2D eigenvalue weighted by Crippen LogP contribution is 2.08. The molecule has 2 amide bonds. The molecule has 0 saturated carbocycles. The molecule has 21 heavy (non-hydrogen) atoms. The minimum absolute atomic E-state index is 0.0438. The predicted octanol–water partition coefficient (Wildman–Crippen LogP) is 2.78. The Bertz CT molecular complexity index is 488. The predicted molar refractivity (Wildman–Crippen MR) is 82.1 cm³/mol. The summed E-state index contributed by atoms with van der Waals surface area (Å²) in [6, 6.07) is 7.41. The summed E-state index contributed by atoms with van der Waals surface area (Å²) in [6.45, 7) is 4.48. The first-order valence-corrected chi connectivity index (χ1v) is 7.21. The van der Waals surface area contributed by atoms with E-state index in [0.29, 0.717) is 13.0 Å². The molecule has 5 nitrogen and oxygen atoms in total. The Hall–Kier alpha value is -2.04. The molecule has 0 fully saturated rings. The van der Waals surface area contributed by atoms with Gasteiger partial charge < -0.3 is 15.3 Å². The van der Waals surface area contributed by atoms with Crippen LogP contribution in [0.4, 0.5) is 4.79 Å². The minimum Gasteiger partial charge on any atom is -0.481 e. The van der Waals surface area contributed by atoms with E-state index in [1.165, 1.54) is 0 Å². The third-order valence-corrected chi connectivity index (χ3v) is 3.23. The summed E-state index contributed by atoms with van der Waals surface area (Å²) in [7, 11) is 1.71. The van der Waals surface area contributed by atoms with Gasteiger partial charge in [-0.2, -0.15) is 0 Å². The maximum absolute atomic E-state index is 12.1. The van der Waals surface area contributed by atoms with Crippen LogP contribution in [0.3, 0.4) is 0 Å². The molecular weight excluding hydrogens is 268 g/mol. The van der Waals surface area contributed by atoms with Crippen molar-refractivity contribution in [2.45, 2.75) is 45.7 Å². The molecule has 0 aliphatic rings. The Morgan fingerprint density at radius 2 is 2.10 bits per heavy atom. The van der Waals surface area contributed by atoms with E-state index in [0.717, 1.165) is 17.5 Å². The number of amides is 2. The first-order valence-electron chi connectivity index (χ1n) is 7.21. The second-order valence-electron chi connectivity index (χ2n) is 5.38. The number of carboxylic acids is 1. The molecule has 1 atom stereocenters. The van der Waals surface area contributed by atoms with Crippen LogP contribution < -0.4 is 5.32 Å². The van der Waals surface area contributed by atoms with Gasteiger partial charge in [0.1, 0.15) is 0 Å². The Kier molecular flexibility index (Phi) is 6.72. The second-order valence-corrected chi connectivity index (χ2v) is 5.38. The minimum atomic E-state index is -0.893. The molecule has 0 aliphatic heterocycles. The average molecular weight is 292 g/mol. The SMILES string of the molecule is CCCC(CC(=O)O)NC(=O)N(C)Cc1cccc(C)c1. The van der Waals surface area contributed by atoms with Crippen LogP contribution in [0.15, 0.2) is 24.3 Å². The number of carboxylic acid groups (broad SMARTS) is 1. The Morgan fingerprint density at radius 3 is 2.67 bits per heavy atom. The fraction of sp³-hybridized carbons (Fsp3) is 0.500. The Balaban J connectivity index is 2.58. The molecule has 0 radical (unpaired) electrons. The zero-order chi connectivity index (χ0) is 15.8. The van der Waals surface area contributed by atoms with Crippen LogP contribution in [0.25, 0.3) is 0 Å². The molecule has 0 aliphatic carbocycles. The molecule has 116 valence electrons. The molecule has 0 aromatic heterocycles. The van der Waals surface area contributed by atoms with Crippen LogP contribution in [-0.2, 0) is 11.3 Å². The lowest BCUT2D eigenvalue weighted by atomic mass is 10.1. The first kappa shape index (κ1) is 17.0. The van der Waals surface area contributed by atoms with Gasteiger partial charge in [-0.1, -0.05) is 43.2 Å². The van der Waals surface area contributed by atoms with Crippen molar-refractivity contribution in [2.24, 2.45) is 0 Å². The third-order valence-electron chi connectivity index (χ3n) is 3.23. The van der Waals surface area contributed by atoms with Crippen LogP contribution in [0.1, 0.15) is 37.3 Å². The van der Waals surface area contributed by atoms with E-state index in [1.807, 2.05) is 38.1 Å².